The topological polar surface area (TPSA) is 46.6 Å². The molecular formula is C11H14FNO3S. The first-order valence-electron chi connectivity index (χ1n) is 5.43. The zero-order valence-corrected chi connectivity index (χ0v) is 10.3. The Labute approximate surface area is 100 Å². The molecule has 0 saturated carbocycles. The van der Waals surface area contributed by atoms with Gasteiger partial charge in [-0.1, -0.05) is 10.5 Å². The van der Waals surface area contributed by atoms with Crippen LogP contribution < -0.4 is 0 Å². The molecule has 0 spiro atoms. The van der Waals surface area contributed by atoms with Gasteiger partial charge in [0.15, 0.2) is 0 Å². The molecule has 6 heteroatoms. The van der Waals surface area contributed by atoms with Crippen molar-refractivity contribution in [3.63, 3.8) is 0 Å². The minimum absolute atomic E-state index is 0.0671. The highest BCUT2D eigenvalue weighted by molar-refractivity contribution is 7.89. The number of hydrogen-bond donors (Lipinski definition) is 0. The predicted octanol–water partition coefficient (Wildman–Crippen LogP) is 1.85. The number of sulfonamides is 1. The first kappa shape index (κ1) is 12.5. The van der Waals surface area contributed by atoms with Crippen molar-refractivity contribution < 1.29 is 17.6 Å². The average Bonchev–Trinajstić information content (AvgIpc) is 2.33. The van der Waals surface area contributed by atoms with E-state index in [-0.39, 0.29) is 4.90 Å². The molecule has 1 fully saturated rings. The summed E-state index contributed by atoms with van der Waals surface area (Å²) in [6.45, 7) is 2.29. The van der Waals surface area contributed by atoms with Crippen LogP contribution in [0.4, 0.5) is 4.39 Å². The van der Waals surface area contributed by atoms with Crippen LogP contribution in [0.2, 0.25) is 0 Å². The van der Waals surface area contributed by atoms with Crippen LogP contribution in [0.25, 0.3) is 0 Å². The van der Waals surface area contributed by atoms with Crippen molar-refractivity contribution >= 4 is 10.0 Å². The van der Waals surface area contributed by atoms with Crippen LogP contribution >= 0.6 is 0 Å². The molecule has 0 radical (unpaired) electrons. The van der Waals surface area contributed by atoms with E-state index in [0.29, 0.717) is 18.7 Å². The zero-order chi connectivity index (χ0) is 12.5. The Balaban J connectivity index is 2.33. The summed E-state index contributed by atoms with van der Waals surface area (Å²) in [6, 6.07) is 3.88. The number of hydroxylamine groups is 1. The van der Waals surface area contributed by atoms with Gasteiger partial charge in [0, 0.05) is 6.54 Å². The van der Waals surface area contributed by atoms with E-state index in [1.54, 1.807) is 6.92 Å². The molecular weight excluding hydrogens is 245 g/mol. The van der Waals surface area contributed by atoms with Gasteiger partial charge in [0.25, 0.3) is 10.0 Å². The summed E-state index contributed by atoms with van der Waals surface area (Å²) in [5, 5.41) is 0. The van der Waals surface area contributed by atoms with Crippen molar-refractivity contribution in [3.8, 4) is 0 Å². The van der Waals surface area contributed by atoms with Crippen molar-refractivity contribution in [2.45, 2.75) is 24.7 Å². The minimum Gasteiger partial charge on any atom is -0.284 e. The molecule has 4 nitrogen and oxygen atoms in total. The van der Waals surface area contributed by atoms with Crippen molar-refractivity contribution in [1.82, 2.24) is 4.47 Å². The van der Waals surface area contributed by atoms with E-state index in [2.05, 4.69) is 0 Å². The third-order valence-corrected chi connectivity index (χ3v) is 4.35. The highest BCUT2D eigenvalue weighted by Crippen LogP contribution is 2.21. The Morgan fingerprint density at radius 1 is 1.35 bits per heavy atom. The Morgan fingerprint density at radius 2 is 2.12 bits per heavy atom. The van der Waals surface area contributed by atoms with Crippen molar-refractivity contribution in [2.24, 2.45) is 0 Å². The molecule has 0 amide bonds. The van der Waals surface area contributed by atoms with E-state index in [1.165, 1.54) is 12.1 Å². The number of hydrogen-bond acceptors (Lipinski definition) is 3. The molecule has 2 rings (SSSR count). The zero-order valence-electron chi connectivity index (χ0n) is 9.52. The maximum atomic E-state index is 13.4. The van der Waals surface area contributed by atoms with E-state index >= 15 is 0 Å². The molecule has 1 aliphatic heterocycles. The van der Waals surface area contributed by atoms with Crippen LogP contribution in [0, 0.1) is 12.7 Å². The van der Waals surface area contributed by atoms with E-state index in [1.807, 2.05) is 0 Å². The fourth-order valence-corrected chi connectivity index (χ4v) is 2.93. The molecule has 0 aliphatic carbocycles. The van der Waals surface area contributed by atoms with Gasteiger partial charge in [0.05, 0.1) is 11.5 Å². The van der Waals surface area contributed by atoms with Crippen LogP contribution in [0.1, 0.15) is 18.4 Å². The molecule has 1 heterocycles. The van der Waals surface area contributed by atoms with Crippen LogP contribution in [-0.2, 0) is 14.9 Å². The van der Waals surface area contributed by atoms with Gasteiger partial charge in [0.2, 0.25) is 0 Å². The van der Waals surface area contributed by atoms with Gasteiger partial charge < -0.3 is 0 Å². The van der Waals surface area contributed by atoms with E-state index < -0.39 is 15.8 Å². The third-order valence-electron chi connectivity index (χ3n) is 2.68. The molecule has 0 unspecified atom stereocenters. The van der Waals surface area contributed by atoms with Crippen LogP contribution in [0.5, 0.6) is 0 Å². The SMILES string of the molecule is Cc1ccc(S(=O)(=O)N2CCCCO2)cc1F. The highest BCUT2D eigenvalue weighted by atomic mass is 32.2. The quantitative estimate of drug-likeness (QED) is 0.814. The molecule has 0 aromatic heterocycles. The predicted molar refractivity (Wildman–Crippen MR) is 60.2 cm³/mol. The number of rotatable bonds is 2. The average molecular weight is 259 g/mol. The smallest absolute Gasteiger partial charge is 0.265 e. The van der Waals surface area contributed by atoms with Crippen molar-refractivity contribution in [2.75, 3.05) is 13.2 Å². The molecule has 0 N–H and O–H groups in total. The molecule has 0 bridgehead atoms. The Hall–Kier alpha value is -0.980. The lowest BCUT2D eigenvalue weighted by Gasteiger charge is -2.25. The summed E-state index contributed by atoms with van der Waals surface area (Å²) in [5.74, 6) is -0.525. The first-order chi connectivity index (χ1) is 8.01. The molecule has 17 heavy (non-hydrogen) atoms. The number of benzene rings is 1. The number of halogens is 1. The molecule has 0 atom stereocenters. The monoisotopic (exact) mass is 259 g/mol. The van der Waals surface area contributed by atoms with Crippen LogP contribution in [0.15, 0.2) is 23.1 Å². The van der Waals surface area contributed by atoms with E-state index in [0.717, 1.165) is 23.4 Å². The molecule has 1 saturated heterocycles. The van der Waals surface area contributed by atoms with Gasteiger partial charge in [-0.3, -0.25) is 4.84 Å². The van der Waals surface area contributed by atoms with Gasteiger partial charge in [-0.2, -0.15) is 0 Å². The Kier molecular flexibility index (Phi) is 3.46. The summed E-state index contributed by atoms with van der Waals surface area (Å²) in [7, 11) is -3.73. The first-order valence-corrected chi connectivity index (χ1v) is 6.87. The van der Waals surface area contributed by atoms with Crippen molar-refractivity contribution in [3.05, 3.63) is 29.6 Å². The maximum absolute atomic E-state index is 13.4. The summed E-state index contributed by atoms with van der Waals surface area (Å²) in [6.07, 6.45) is 1.60. The molecule has 1 aromatic carbocycles. The largest absolute Gasteiger partial charge is 0.284 e. The standard InChI is InChI=1S/C11H14FNO3S/c1-9-4-5-10(8-11(9)12)17(14,15)13-6-2-3-7-16-13/h4-5,8H,2-3,6-7H2,1H3. The number of aryl methyl sites for hydroxylation is 1. The summed E-state index contributed by atoms with van der Waals surface area (Å²) in [5.41, 5.74) is 0.420. The highest BCUT2D eigenvalue weighted by Gasteiger charge is 2.27. The lowest BCUT2D eigenvalue weighted by atomic mass is 10.2. The van der Waals surface area contributed by atoms with Crippen LogP contribution in [-0.4, -0.2) is 26.0 Å². The Bertz CT molecular complexity index is 509. The van der Waals surface area contributed by atoms with Crippen molar-refractivity contribution in [1.29, 1.82) is 0 Å². The second kappa shape index (κ2) is 4.72. The normalized spacial score (nSPS) is 18.2. The maximum Gasteiger partial charge on any atom is 0.265 e. The Morgan fingerprint density at radius 3 is 2.71 bits per heavy atom. The van der Waals surface area contributed by atoms with Gasteiger partial charge >= 0.3 is 0 Å². The van der Waals surface area contributed by atoms with E-state index in [9.17, 15) is 12.8 Å². The summed E-state index contributed by atoms with van der Waals surface area (Å²) >= 11 is 0. The summed E-state index contributed by atoms with van der Waals surface area (Å²) in [4.78, 5) is 5.02. The van der Waals surface area contributed by atoms with E-state index in [4.69, 9.17) is 4.84 Å². The minimum atomic E-state index is -3.73. The fourth-order valence-electron chi connectivity index (χ4n) is 1.62. The molecule has 94 valence electrons. The van der Waals surface area contributed by atoms with Gasteiger partial charge in [0.1, 0.15) is 5.82 Å². The lowest BCUT2D eigenvalue weighted by molar-refractivity contribution is -0.108. The molecule has 1 aliphatic rings. The van der Waals surface area contributed by atoms with Gasteiger partial charge in [-0.15, -0.1) is 0 Å². The summed E-state index contributed by atoms with van der Waals surface area (Å²) < 4.78 is 38.5. The van der Waals surface area contributed by atoms with Gasteiger partial charge in [-0.25, -0.2) is 12.8 Å². The van der Waals surface area contributed by atoms with Crippen LogP contribution in [0.3, 0.4) is 0 Å². The van der Waals surface area contributed by atoms with Gasteiger partial charge in [-0.05, 0) is 37.5 Å². The fraction of sp³-hybridized carbons (Fsp3) is 0.455. The lowest BCUT2D eigenvalue weighted by Crippen LogP contribution is -2.35. The number of nitrogens with zero attached hydrogens (tertiary/aromatic N) is 1. The molecule has 1 aromatic rings. The second-order valence-electron chi connectivity index (χ2n) is 3.98. The third kappa shape index (κ3) is 2.48. The second-order valence-corrected chi connectivity index (χ2v) is 5.81.